The number of furan rings is 1. The number of fused-ring (bicyclic) bond motifs is 5. The third kappa shape index (κ3) is 5.63. The van der Waals surface area contributed by atoms with Gasteiger partial charge in [0.2, 0.25) is 0 Å². The molecule has 0 spiro atoms. The SMILES string of the molecule is c1ccc(-c2ccc(-c3nc(-c4ccccc4)nc(-c4ccc5c(c4)oc4c6ccccc6c(-c6cccc(-c7ccccc7)c6)cc54)n3)cc2)cc1. The summed E-state index contributed by atoms with van der Waals surface area (Å²) in [5.41, 5.74) is 11.4. The molecule has 10 aromatic rings. The van der Waals surface area contributed by atoms with Crippen LogP contribution in [-0.2, 0) is 0 Å². The first-order valence-corrected chi connectivity index (χ1v) is 17.8. The zero-order chi connectivity index (χ0) is 35.1. The topological polar surface area (TPSA) is 51.8 Å². The minimum absolute atomic E-state index is 0.589. The molecule has 0 aliphatic carbocycles. The van der Waals surface area contributed by atoms with Crippen LogP contribution in [0.25, 0.3) is 100 Å². The molecule has 0 aliphatic heterocycles. The molecule has 0 unspecified atom stereocenters. The van der Waals surface area contributed by atoms with E-state index in [2.05, 4.69) is 152 Å². The van der Waals surface area contributed by atoms with Gasteiger partial charge in [-0.25, -0.2) is 15.0 Å². The summed E-state index contributed by atoms with van der Waals surface area (Å²) < 4.78 is 6.73. The molecule has 4 heteroatoms. The fourth-order valence-electron chi connectivity index (χ4n) is 7.27. The summed E-state index contributed by atoms with van der Waals surface area (Å²) in [4.78, 5) is 15.0. The largest absolute Gasteiger partial charge is 0.455 e. The van der Waals surface area contributed by atoms with E-state index in [0.29, 0.717) is 17.5 Å². The van der Waals surface area contributed by atoms with Gasteiger partial charge in [0.05, 0.1) is 0 Å². The van der Waals surface area contributed by atoms with Gasteiger partial charge < -0.3 is 4.42 Å². The standard InChI is InChI=1S/C49H31N3O/c1-4-13-32(14-5-1)34-23-25-36(26-24-34)48-50-47(35-17-8-3-9-18-35)51-49(52-48)39-27-28-41-44-31-43(38-20-12-19-37(29-38)33-15-6-2-7-16-33)40-21-10-11-22-42(40)46(44)53-45(41)30-39/h1-31H. The lowest BCUT2D eigenvalue weighted by Gasteiger charge is -2.10. The van der Waals surface area contributed by atoms with Crippen LogP contribution in [0.4, 0.5) is 0 Å². The first-order valence-electron chi connectivity index (χ1n) is 17.8. The summed E-state index contributed by atoms with van der Waals surface area (Å²) in [6.45, 7) is 0. The van der Waals surface area contributed by atoms with Gasteiger partial charge in [0.15, 0.2) is 17.5 Å². The van der Waals surface area contributed by atoms with E-state index >= 15 is 0 Å². The number of aromatic nitrogens is 3. The van der Waals surface area contributed by atoms with Crippen LogP contribution in [0.15, 0.2) is 192 Å². The number of hydrogen-bond acceptors (Lipinski definition) is 4. The fourth-order valence-corrected chi connectivity index (χ4v) is 7.27. The van der Waals surface area contributed by atoms with Gasteiger partial charge in [-0.1, -0.05) is 164 Å². The van der Waals surface area contributed by atoms with Crippen molar-refractivity contribution in [1.29, 1.82) is 0 Å². The normalized spacial score (nSPS) is 11.4. The van der Waals surface area contributed by atoms with Gasteiger partial charge in [0.25, 0.3) is 0 Å². The molecule has 4 nitrogen and oxygen atoms in total. The Kier molecular flexibility index (Phi) is 7.43. The molecular weight excluding hydrogens is 647 g/mol. The van der Waals surface area contributed by atoms with E-state index in [-0.39, 0.29) is 0 Å². The Hall–Kier alpha value is -7.17. The predicted molar refractivity (Wildman–Crippen MR) is 217 cm³/mol. The molecule has 53 heavy (non-hydrogen) atoms. The lowest BCUT2D eigenvalue weighted by Crippen LogP contribution is -2.00. The Balaban J connectivity index is 1.10. The Morgan fingerprint density at radius 1 is 0.283 bits per heavy atom. The van der Waals surface area contributed by atoms with Crippen molar-refractivity contribution >= 4 is 32.7 Å². The van der Waals surface area contributed by atoms with Crippen LogP contribution in [0.5, 0.6) is 0 Å². The van der Waals surface area contributed by atoms with Gasteiger partial charge >= 0.3 is 0 Å². The van der Waals surface area contributed by atoms with Crippen molar-refractivity contribution in [3.8, 4) is 67.5 Å². The van der Waals surface area contributed by atoms with Crippen LogP contribution in [-0.4, -0.2) is 15.0 Å². The molecule has 10 rings (SSSR count). The lowest BCUT2D eigenvalue weighted by atomic mass is 9.93. The second kappa shape index (κ2) is 12.9. The summed E-state index contributed by atoms with van der Waals surface area (Å²) in [5.74, 6) is 1.83. The maximum Gasteiger partial charge on any atom is 0.164 e. The third-order valence-electron chi connectivity index (χ3n) is 9.94. The molecule has 0 bridgehead atoms. The molecule has 0 fully saturated rings. The van der Waals surface area contributed by atoms with Crippen molar-refractivity contribution in [3.05, 3.63) is 188 Å². The molecule has 0 amide bonds. The minimum Gasteiger partial charge on any atom is -0.455 e. The highest BCUT2D eigenvalue weighted by Gasteiger charge is 2.18. The van der Waals surface area contributed by atoms with Crippen LogP contribution in [0.1, 0.15) is 0 Å². The van der Waals surface area contributed by atoms with Crippen molar-refractivity contribution in [2.45, 2.75) is 0 Å². The second-order valence-corrected chi connectivity index (χ2v) is 13.2. The highest BCUT2D eigenvalue weighted by Crippen LogP contribution is 2.41. The van der Waals surface area contributed by atoms with Crippen molar-refractivity contribution < 1.29 is 4.42 Å². The molecule has 8 aromatic carbocycles. The molecule has 2 heterocycles. The minimum atomic E-state index is 0.589. The number of rotatable bonds is 6. The summed E-state index contributed by atoms with van der Waals surface area (Å²) in [6.07, 6.45) is 0. The quantitative estimate of drug-likeness (QED) is 0.176. The Morgan fingerprint density at radius 3 is 1.43 bits per heavy atom. The maximum atomic E-state index is 6.73. The highest BCUT2D eigenvalue weighted by atomic mass is 16.3. The number of nitrogens with zero attached hydrogens (tertiary/aromatic N) is 3. The Morgan fingerprint density at radius 2 is 0.755 bits per heavy atom. The molecule has 248 valence electrons. The van der Waals surface area contributed by atoms with Crippen LogP contribution in [0, 0.1) is 0 Å². The smallest absolute Gasteiger partial charge is 0.164 e. The number of benzene rings is 8. The zero-order valence-corrected chi connectivity index (χ0v) is 28.6. The van der Waals surface area contributed by atoms with Crippen LogP contribution < -0.4 is 0 Å². The van der Waals surface area contributed by atoms with Crippen molar-refractivity contribution in [3.63, 3.8) is 0 Å². The molecule has 0 saturated heterocycles. The Bertz CT molecular complexity index is 2920. The molecule has 0 N–H and O–H groups in total. The van der Waals surface area contributed by atoms with E-state index in [1.54, 1.807) is 0 Å². The molecule has 0 saturated carbocycles. The van der Waals surface area contributed by atoms with E-state index in [9.17, 15) is 0 Å². The van der Waals surface area contributed by atoms with Crippen molar-refractivity contribution in [1.82, 2.24) is 15.0 Å². The van der Waals surface area contributed by atoms with Crippen LogP contribution in [0.2, 0.25) is 0 Å². The highest BCUT2D eigenvalue weighted by molar-refractivity contribution is 6.19. The van der Waals surface area contributed by atoms with Gasteiger partial charge in [-0.3, -0.25) is 0 Å². The molecule has 0 aliphatic rings. The van der Waals surface area contributed by atoms with Crippen LogP contribution in [0.3, 0.4) is 0 Å². The molecule has 2 aromatic heterocycles. The third-order valence-corrected chi connectivity index (χ3v) is 9.94. The van der Waals surface area contributed by atoms with E-state index in [0.717, 1.165) is 55.0 Å². The average Bonchev–Trinajstić information content (AvgIpc) is 3.62. The summed E-state index contributed by atoms with van der Waals surface area (Å²) >= 11 is 0. The summed E-state index contributed by atoms with van der Waals surface area (Å²) in [6, 6.07) is 65.2. The predicted octanol–water partition coefficient (Wildman–Crippen LogP) is 12.9. The van der Waals surface area contributed by atoms with E-state index < -0.39 is 0 Å². The van der Waals surface area contributed by atoms with Crippen LogP contribution >= 0.6 is 0 Å². The average molecular weight is 678 g/mol. The zero-order valence-electron chi connectivity index (χ0n) is 28.6. The molecule has 0 atom stereocenters. The Labute approximate surface area is 306 Å². The summed E-state index contributed by atoms with van der Waals surface area (Å²) in [7, 11) is 0. The monoisotopic (exact) mass is 677 g/mol. The number of hydrogen-bond donors (Lipinski definition) is 0. The van der Waals surface area contributed by atoms with Gasteiger partial charge in [0, 0.05) is 32.8 Å². The van der Waals surface area contributed by atoms with E-state index in [4.69, 9.17) is 19.4 Å². The summed E-state index contributed by atoms with van der Waals surface area (Å²) in [5, 5.41) is 4.35. The lowest BCUT2D eigenvalue weighted by molar-refractivity contribution is 0.673. The van der Waals surface area contributed by atoms with Crippen molar-refractivity contribution in [2.24, 2.45) is 0 Å². The fraction of sp³-hybridized carbons (Fsp3) is 0. The van der Waals surface area contributed by atoms with E-state index in [1.165, 1.54) is 27.8 Å². The first kappa shape index (κ1) is 30.6. The second-order valence-electron chi connectivity index (χ2n) is 13.2. The van der Waals surface area contributed by atoms with Gasteiger partial charge in [0.1, 0.15) is 11.2 Å². The van der Waals surface area contributed by atoms with Gasteiger partial charge in [-0.15, -0.1) is 0 Å². The van der Waals surface area contributed by atoms with E-state index in [1.807, 2.05) is 36.4 Å². The first-order chi connectivity index (χ1) is 26.2. The maximum absolute atomic E-state index is 6.73. The van der Waals surface area contributed by atoms with Gasteiger partial charge in [-0.05, 0) is 63.0 Å². The van der Waals surface area contributed by atoms with Gasteiger partial charge in [-0.2, -0.15) is 0 Å². The molecular formula is C49H31N3O. The van der Waals surface area contributed by atoms with Crippen molar-refractivity contribution in [2.75, 3.05) is 0 Å². The molecule has 0 radical (unpaired) electrons.